The molecule has 0 saturated heterocycles. The predicted octanol–water partition coefficient (Wildman–Crippen LogP) is 4.70. The van der Waals surface area contributed by atoms with E-state index in [1.165, 1.54) is 16.7 Å². The Balaban J connectivity index is 1.19. The van der Waals surface area contributed by atoms with E-state index in [4.69, 9.17) is 4.74 Å². The average Bonchev–Trinajstić information content (AvgIpc) is 3.35. The van der Waals surface area contributed by atoms with E-state index in [0.717, 1.165) is 35.2 Å². The molecular formula is C26H23N5O. The van der Waals surface area contributed by atoms with Gasteiger partial charge in [-0.05, 0) is 53.8 Å². The largest absolute Gasteiger partial charge is 0.487 e. The van der Waals surface area contributed by atoms with Gasteiger partial charge in [-0.25, -0.2) is 4.98 Å². The van der Waals surface area contributed by atoms with E-state index in [0.29, 0.717) is 18.9 Å². The first-order valence-electron chi connectivity index (χ1n) is 10.7. The average molecular weight is 422 g/mol. The first-order chi connectivity index (χ1) is 15.8. The van der Waals surface area contributed by atoms with E-state index in [9.17, 15) is 0 Å². The molecule has 2 aromatic heterocycles. The van der Waals surface area contributed by atoms with Crippen molar-refractivity contribution in [3.63, 3.8) is 0 Å². The quantitative estimate of drug-likeness (QED) is 0.393. The van der Waals surface area contributed by atoms with Crippen molar-refractivity contribution in [1.82, 2.24) is 25.6 Å². The third kappa shape index (κ3) is 4.98. The molecule has 158 valence electrons. The van der Waals surface area contributed by atoms with E-state index in [1.54, 1.807) is 0 Å². The summed E-state index contributed by atoms with van der Waals surface area (Å²) in [5, 5.41) is 15.3. The van der Waals surface area contributed by atoms with Crippen molar-refractivity contribution in [2.75, 3.05) is 0 Å². The van der Waals surface area contributed by atoms with Crippen LogP contribution in [0.1, 0.15) is 28.2 Å². The Labute approximate surface area is 186 Å². The Hall–Kier alpha value is -4.06. The van der Waals surface area contributed by atoms with Crippen LogP contribution < -0.4 is 4.74 Å². The first kappa shape index (κ1) is 19.9. The Morgan fingerprint density at radius 2 is 1.56 bits per heavy atom. The van der Waals surface area contributed by atoms with Gasteiger partial charge in [-0.3, -0.25) is 0 Å². The molecule has 0 amide bonds. The van der Waals surface area contributed by atoms with Gasteiger partial charge in [0.15, 0.2) is 5.82 Å². The predicted molar refractivity (Wildman–Crippen MR) is 123 cm³/mol. The van der Waals surface area contributed by atoms with Crippen LogP contribution in [-0.2, 0) is 25.9 Å². The van der Waals surface area contributed by atoms with Crippen molar-refractivity contribution in [2.45, 2.75) is 25.9 Å². The number of tetrazole rings is 1. The maximum absolute atomic E-state index is 6.03. The lowest BCUT2D eigenvalue weighted by molar-refractivity contribution is 0.301. The minimum absolute atomic E-state index is 0.451. The smallest absolute Gasteiger partial charge is 0.178 e. The molecule has 1 N–H and O–H groups in total. The Kier molecular flexibility index (Phi) is 5.83. The van der Waals surface area contributed by atoms with Crippen LogP contribution in [0.3, 0.4) is 0 Å². The molecule has 0 aliphatic carbocycles. The van der Waals surface area contributed by atoms with Gasteiger partial charge in [0.25, 0.3) is 0 Å². The van der Waals surface area contributed by atoms with Crippen LogP contribution in [0.25, 0.3) is 10.9 Å². The fourth-order valence-corrected chi connectivity index (χ4v) is 3.76. The number of H-pyrrole nitrogens is 1. The van der Waals surface area contributed by atoms with E-state index < -0.39 is 0 Å². The molecule has 2 heterocycles. The lowest BCUT2D eigenvalue weighted by Gasteiger charge is -2.09. The first-order valence-corrected chi connectivity index (χ1v) is 10.7. The van der Waals surface area contributed by atoms with Gasteiger partial charge in [-0.15, -0.1) is 10.2 Å². The van der Waals surface area contributed by atoms with E-state index in [-0.39, 0.29) is 0 Å². The molecule has 0 unspecified atom stereocenters. The van der Waals surface area contributed by atoms with Crippen molar-refractivity contribution in [1.29, 1.82) is 0 Å². The summed E-state index contributed by atoms with van der Waals surface area (Å²) >= 11 is 0. The Morgan fingerprint density at radius 3 is 2.44 bits per heavy atom. The fraction of sp³-hybridized carbons (Fsp3) is 0.154. The van der Waals surface area contributed by atoms with Crippen LogP contribution in [0, 0.1) is 0 Å². The third-order valence-electron chi connectivity index (χ3n) is 5.39. The second kappa shape index (κ2) is 9.39. The van der Waals surface area contributed by atoms with Crippen LogP contribution in [0.5, 0.6) is 5.75 Å². The number of aromatic nitrogens is 5. The molecule has 0 aliphatic rings. The number of aromatic amines is 1. The van der Waals surface area contributed by atoms with Gasteiger partial charge in [-0.2, -0.15) is 5.21 Å². The molecule has 32 heavy (non-hydrogen) atoms. The molecule has 3 aromatic carbocycles. The normalized spacial score (nSPS) is 11.0. The lowest BCUT2D eigenvalue weighted by Crippen LogP contribution is -1.99. The standard InChI is InChI=1S/C26H23N5O/c1-2-10-25-22(8-1)13-14-23(27-25)18-32-24-9-4-6-20(16-24)12-11-19-5-3-7-21(15-19)17-26-28-30-31-29-26/h1-10,13-16H,11-12,17-18H2,(H,28,29,30,31). The number of para-hydroxylation sites is 1. The zero-order valence-corrected chi connectivity index (χ0v) is 17.6. The fourth-order valence-electron chi connectivity index (χ4n) is 3.76. The highest BCUT2D eigenvalue weighted by Gasteiger charge is 2.04. The van der Waals surface area contributed by atoms with Crippen molar-refractivity contribution < 1.29 is 4.74 Å². The van der Waals surface area contributed by atoms with E-state index in [1.807, 2.05) is 36.4 Å². The summed E-state index contributed by atoms with van der Waals surface area (Å²) in [5.74, 6) is 1.57. The van der Waals surface area contributed by atoms with Gasteiger partial charge in [0.05, 0.1) is 11.2 Å². The second-order valence-electron chi connectivity index (χ2n) is 7.76. The number of aryl methyl sites for hydroxylation is 2. The Bertz CT molecular complexity index is 1320. The molecule has 5 aromatic rings. The van der Waals surface area contributed by atoms with Gasteiger partial charge < -0.3 is 4.74 Å². The third-order valence-corrected chi connectivity index (χ3v) is 5.39. The van der Waals surface area contributed by atoms with E-state index >= 15 is 0 Å². The van der Waals surface area contributed by atoms with Gasteiger partial charge in [0.1, 0.15) is 12.4 Å². The second-order valence-corrected chi connectivity index (χ2v) is 7.76. The number of benzene rings is 3. The summed E-state index contributed by atoms with van der Waals surface area (Å²) in [7, 11) is 0. The van der Waals surface area contributed by atoms with Crippen molar-refractivity contribution in [2.24, 2.45) is 0 Å². The van der Waals surface area contributed by atoms with Gasteiger partial charge in [0.2, 0.25) is 0 Å². The molecule has 0 aliphatic heterocycles. The number of nitrogens with one attached hydrogen (secondary N) is 1. The highest BCUT2D eigenvalue weighted by atomic mass is 16.5. The lowest BCUT2D eigenvalue weighted by atomic mass is 10.0. The van der Waals surface area contributed by atoms with Crippen LogP contribution in [0.4, 0.5) is 0 Å². The minimum Gasteiger partial charge on any atom is -0.487 e. The number of nitrogens with zero attached hydrogens (tertiary/aromatic N) is 4. The maximum Gasteiger partial charge on any atom is 0.178 e. The number of rotatable bonds is 8. The number of fused-ring (bicyclic) bond motifs is 1. The zero-order valence-electron chi connectivity index (χ0n) is 17.6. The summed E-state index contributed by atoms with van der Waals surface area (Å²) in [5.41, 5.74) is 5.63. The topological polar surface area (TPSA) is 76.6 Å². The van der Waals surface area contributed by atoms with E-state index in [2.05, 4.69) is 74.1 Å². The molecule has 5 rings (SSSR count). The summed E-state index contributed by atoms with van der Waals surface area (Å²) in [6.45, 7) is 0.451. The molecule has 0 bridgehead atoms. The highest BCUT2D eigenvalue weighted by Crippen LogP contribution is 2.18. The van der Waals surface area contributed by atoms with Gasteiger partial charge in [0, 0.05) is 11.8 Å². The molecule has 0 atom stereocenters. The molecule has 0 spiro atoms. The summed E-state index contributed by atoms with van der Waals surface area (Å²) in [6.07, 6.45) is 2.57. The molecule has 6 heteroatoms. The number of ether oxygens (including phenoxy) is 1. The van der Waals surface area contributed by atoms with Crippen LogP contribution in [0.15, 0.2) is 84.9 Å². The SMILES string of the molecule is c1cc(CCc2cccc(OCc3ccc4ccccc4n3)c2)cc(Cc2nn[nH]n2)c1. The Morgan fingerprint density at radius 1 is 0.750 bits per heavy atom. The maximum atomic E-state index is 6.03. The number of hydrogen-bond donors (Lipinski definition) is 1. The van der Waals surface area contributed by atoms with Crippen molar-refractivity contribution >= 4 is 10.9 Å². The van der Waals surface area contributed by atoms with Crippen LogP contribution in [0.2, 0.25) is 0 Å². The van der Waals surface area contributed by atoms with Crippen LogP contribution in [-0.4, -0.2) is 25.6 Å². The molecule has 6 nitrogen and oxygen atoms in total. The minimum atomic E-state index is 0.451. The molecule has 0 radical (unpaired) electrons. The van der Waals surface area contributed by atoms with Gasteiger partial charge in [-0.1, -0.05) is 65.9 Å². The molecule has 0 fully saturated rings. The summed E-state index contributed by atoms with van der Waals surface area (Å²) in [6, 6.07) is 29.1. The highest BCUT2D eigenvalue weighted by molar-refractivity contribution is 5.78. The molecule has 0 saturated carbocycles. The zero-order chi connectivity index (χ0) is 21.6. The summed E-state index contributed by atoms with van der Waals surface area (Å²) in [4.78, 5) is 4.68. The van der Waals surface area contributed by atoms with Crippen LogP contribution >= 0.6 is 0 Å². The van der Waals surface area contributed by atoms with Crippen molar-refractivity contribution in [3.8, 4) is 5.75 Å². The van der Waals surface area contributed by atoms with Crippen molar-refractivity contribution in [3.05, 3.63) is 113 Å². The van der Waals surface area contributed by atoms with Gasteiger partial charge >= 0.3 is 0 Å². The molecular weight excluding hydrogens is 398 g/mol. The number of pyridine rings is 1. The number of hydrogen-bond acceptors (Lipinski definition) is 5. The monoisotopic (exact) mass is 421 g/mol. The summed E-state index contributed by atoms with van der Waals surface area (Å²) < 4.78 is 6.03.